The summed E-state index contributed by atoms with van der Waals surface area (Å²) in [7, 11) is 2.08. The molecule has 4 heteroatoms. The zero-order valence-corrected chi connectivity index (χ0v) is 11.2. The molecule has 2 heterocycles. The van der Waals surface area contributed by atoms with Gasteiger partial charge in [0.25, 0.3) is 0 Å². The first-order valence-corrected chi connectivity index (χ1v) is 6.83. The van der Waals surface area contributed by atoms with Crippen molar-refractivity contribution in [3.05, 3.63) is 30.5 Å². The van der Waals surface area contributed by atoms with Gasteiger partial charge in [-0.05, 0) is 30.9 Å². The average Bonchev–Trinajstić information content (AvgIpc) is 2.48. The van der Waals surface area contributed by atoms with Gasteiger partial charge in [0.15, 0.2) is 0 Å². The monoisotopic (exact) mass is 257 g/mol. The van der Waals surface area contributed by atoms with Crippen LogP contribution >= 0.6 is 0 Å². The van der Waals surface area contributed by atoms with Crippen molar-refractivity contribution in [2.24, 2.45) is 5.92 Å². The number of aromatic nitrogens is 2. The molecule has 1 unspecified atom stereocenters. The molecule has 1 fully saturated rings. The molecular weight excluding hydrogens is 238 g/mol. The highest BCUT2D eigenvalue weighted by molar-refractivity contribution is 5.75. The number of nitrogens with zero attached hydrogens (tertiary/aromatic N) is 3. The van der Waals surface area contributed by atoms with Gasteiger partial charge in [0.1, 0.15) is 5.82 Å². The molecule has 1 atom stereocenters. The van der Waals surface area contributed by atoms with Crippen LogP contribution in [0.15, 0.2) is 30.5 Å². The third kappa shape index (κ3) is 2.84. The van der Waals surface area contributed by atoms with E-state index in [9.17, 15) is 0 Å². The summed E-state index contributed by atoms with van der Waals surface area (Å²) in [4.78, 5) is 11.3. The molecule has 0 saturated carbocycles. The van der Waals surface area contributed by atoms with Crippen LogP contribution in [0.4, 0.5) is 5.82 Å². The lowest BCUT2D eigenvalue weighted by atomic mass is 10.0. The molecule has 0 aliphatic carbocycles. The van der Waals surface area contributed by atoms with Gasteiger partial charge in [-0.1, -0.05) is 12.1 Å². The van der Waals surface area contributed by atoms with Crippen LogP contribution in [0.2, 0.25) is 0 Å². The Morgan fingerprint density at radius 2 is 2.16 bits per heavy atom. The van der Waals surface area contributed by atoms with Crippen LogP contribution in [0.25, 0.3) is 11.0 Å². The van der Waals surface area contributed by atoms with E-state index in [4.69, 9.17) is 4.74 Å². The third-order valence-corrected chi connectivity index (χ3v) is 3.61. The predicted molar refractivity (Wildman–Crippen MR) is 76.4 cm³/mol. The summed E-state index contributed by atoms with van der Waals surface area (Å²) < 4.78 is 5.53. The van der Waals surface area contributed by atoms with Crippen LogP contribution in [0, 0.1) is 5.92 Å². The van der Waals surface area contributed by atoms with Crippen LogP contribution in [-0.4, -0.2) is 36.8 Å². The Hall–Kier alpha value is -1.68. The quantitative estimate of drug-likeness (QED) is 0.846. The minimum absolute atomic E-state index is 0.604. The van der Waals surface area contributed by atoms with E-state index in [0.29, 0.717) is 5.92 Å². The molecule has 1 aromatic heterocycles. The summed E-state index contributed by atoms with van der Waals surface area (Å²) in [5.41, 5.74) is 1.90. The molecule has 0 bridgehead atoms. The van der Waals surface area contributed by atoms with Gasteiger partial charge in [0, 0.05) is 20.2 Å². The molecule has 1 aliphatic rings. The average molecular weight is 257 g/mol. The van der Waals surface area contributed by atoms with E-state index in [1.54, 1.807) is 0 Å². The Balaban J connectivity index is 1.75. The zero-order valence-electron chi connectivity index (χ0n) is 11.2. The highest BCUT2D eigenvalue weighted by Crippen LogP contribution is 2.19. The number of anilines is 1. The summed E-state index contributed by atoms with van der Waals surface area (Å²) in [6.45, 7) is 2.76. The van der Waals surface area contributed by atoms with Crippen molar-refractivity contribution < 1.29 is 4.74 Å². The lowest BCUT2D eigenvalue weighted by Gasteiger charge is -2.27. The normalized spacial score (nSPS) is 19.5. The summed E-state index contributed by atoms with van der Waals surface area (Å²) >= 11 is 0. The van der Waals surface area contributed by atoms with E-state index in [-0.39, 0.29) is 0 Å². The molecule has 0 radical (unpaired) electrons. The highest BCUT2D eigenvalue weighted by Gasteiger charge is 2.16. The molecule has 0 amide bonds. The second-order valence-electron chi connectivity index (χ2n) is 5.18. The lowest BCUT2D eigenvalue weighted by molar-refractivity contribution is 0.0576. The van der Waals surface area contributed by atoms with Crippen molar-refractivity contribution in [3.8, 4) is 0 Å². The third-order valence-electron chi connectivity index (χ3n) is 3.61. The Kier molecular flexibility index (Phi) is 3.60. The molecule has 0 spiro atoms. The van der Waals surface area contributed by atoms with Crippen molar-refractivity contribution in [2.75, 3.05) is 31.7 Å². The molecule has 100 valence electrons. The molecule has 19 heavy (non-hydrogen) atoms. The number of hydrogen-bond donors (Lipinski definition) is 0. The lowest BCUT2D eigenvalue weighted by Crippen LogP contribution is -2.31. The van der Waals surface area contributed by atoms with Crippen molar-refractivity contribution in [2.45, 2.75) is 12.8 Å². The smallest absolute Gasteiger partial charge is 0.147 e. The Bertz CT molecular complexity index is 552. The maximum Gasteiger partial charge on any atom is 0.147 e. The number of ether oxygens (including phenoxy) is 1. The highest BCUT2D eigenvalue weighted by atomic mass is 16.5. The fourth-order valence-corrected chi connectivity index (χ4v) is 2.56. The maximum atomic E-state index is 5.53. The van der Waals surface area contributed by atoms with E-state index in [1.807, 2.05) is 30.5 Å². The first kappa shape index (κ1) is 12.4. The second-order valence-corrected chi connectivity index (χ2v) is 5.18. The summed E-state index contributed by atoms with van der Waals surface area (Å²) in [5, 5.41) is 0. The van der Waals surface area contributed by atoms with Gasteiger partial charge >= 0.3 is 0 Å². The number of rotatable bonds is 3. The van der Waals surface area contributed by atoms with E-state index in [0.717, 1.165) is 36.6 Å². The molecule has 3 rings (SSSR count). The molecular formula is C15H19N3O. The summed E-state index contributed by atoms with van der Waals surface area (Å²) in [5.74, 6) is 1.54. The summed E-state index contributed by atoms with van der Waals surface area (Å²) in [6, 6.07) is 7.97. The minimum Gasteiger partial charge on any atom is -0.381 e. The minimum atomic E-state index is 0.604. The van der Waals surface area contributed by atoms with Crippen molar-refractivity contribution in [3.63, 3.8) is 0 Å². The molecule has 2 aromatic rings. The molecule has 1 saturated heterocycles. The van der Waals surface area contributed by atoms with E-state index in [1.165, 1.54) is 12.8 Å². The first-order chi connectivity index (χ1) is 9.33. The number of fused-ring (bicyclic) bond motifs is 1. The fourth-order valence-electron chi connectivity index (χ4n) is 2.56. The topological polar surface area (TPSA) is 38.2 Å². The van der Waals surface area contributed by atoms with E-state index < -0.39 is 0 Å². The van der Waals surface area contributed by atoms with E-state index in [2.05, 4.69) is 21.9 Å². The van der Waals surface area contributed by atoms with Gasteiger partial charge in [0.2, 0.25) is 0 Å². The Labute approximate surface area is 113 Å². The van der Waals surface area contributed by atoms with Gasteiger partial charge in [0.05, 0.1) is 23.8 Å². The van der Waals surface area contributed by atoms with Crippen LogP contribution in [0.1, 0.15) is 12.8 Å². The van der Waals surface area contributed by atoms with Gasteiger partial charge < -0.3 is 9.64 Å². The molecule has 1 aliphatic heterocycles. The van der Waals surface area contributed by atoms with Crippen molar-refractivity contribution in [1.82, 2.24) is 9.97 Å². The SMILES string of the molecule is CN(CC1CCCOC1)c1cnc2ccccc2n1. The first-order valence-electron chi connectivity index (χ1n) is 6.83. The molecule has 4 nitrogen and oxygen atoms in total. The van der Waals surface area contributed by atoms with Gasteiger partial charge in [-0.25, -0.2) is 4.98 Å². The zero-order chi connectivity index (χ0) is 13.1. The standard InChI is InChI=1S/C15H19N3O/c1-18(10-12-5-4-8-19-11-12)15-9-16-13-6-2-3-7-14(13)17-15/h2-3,6-7,9,12H,4-5,8,10-11H2,1H3. The number of benzene rings is 1. The van der Waals surface area contributed by atoms with Crippen molar-refractivity contribution in [1.29, 1.82) is 0 Å². The summed E-state index contributed by atoms with van der Waals surface area (Å²) in [6.07, 6.45) is 4.26. The Morgan fingerprint density at radius 1 is 1.32 bits per heavy atom. The van der Waals surface area contributed by atoms with Crippen LogP contribution in [0.3, 0.4) is 0 Å². The number of hydrogen-bond acceptors (Lipinski definition) is 4. The molecule has 1 aromatic carbocycles. The Morgan fingerprint density at radius 3 is 2.95 bits per heavy atom. The second kappa shape index (κ2) is 5.53. The van der Waals surface area contributed by atoms with Gasteiger partial charge in [-0.15, -0.1) is 0 Å². The van der Waals surface area contributed by atoms with Crippen LogP contribution in [-0.2, 0) is 4.74 Å². The van der Waals surface area contributed by atoms with Gasteiger partial charge in [-0.3, -0.25) is 4.98 Å². The van der Waals surface area contributed by atoms with Crippen LogP contribution in [0.5, 0.6) is 0 Å². The predicted octanol–water partition coefficient (Wildman–Crippen LogP) is 2.49. The largest absolute Gasteiger partial charge is 0.381 e. The van der Waals surface area contributed by atoms with E-state index >= 15 is 0 Å². The molecule has 0 N–H and O–H groups in total. The number of para-hydroxylation sites is 2. The van der Waals surface area contributed by atoms with Crippen LogP contribution < -0.4 is 4.90 Å². The van der Waals surface area contributed by atoms with Gasteiger partial charge in [-0.2, -0.15) is 0 Å². The maximum absolute atomic E-state index is 5.53. The van der Waals surface area contributed by atoms with Crippen molar-refractivity contribution >= 4 is 16.9 Å². The fraction of sp³-hybridized carbons (Fsp3) is 0.467.